The summed E-state index contributed by atoms with van der Waals surface area (Å²) in [5.74, 6) is -0.411. The molecule has 4 rings (SSSR count). The normalized spacial score (nSPS) is 14.6. The van der Waals surface area contributed by atoms with E-state index in [4.69, 9.17) is 14.9 Å². The highest BCUT2D eigenvalue weighted by molar-refractivity contribution is 7.89. The maximum Gasteiger partial charge on any atom is 0.284 e. The van der Waals surface area contributed by atoms with Crippen LogP contribution in [0.25, 0.3) is 0 Å². The van der Waals surface area contributed by atoms with Crippen LogP contribution < -0.4 is 15.8 Å². The molecule has 1 fully saturated rings. The van der Waals surface area contributed by atoms with Crippen LogP contribution in [0.4, 0.5) is 11.5 Å². The fourth-order valence-corrected chi connectivity index (χ4v) is 4.91. The molecule has 3 heterocycles. The number of furan rings is 1. The lowest BCUT2D eigenvalue weighted by Crippen LogP contribution is -2.50. The van der Waals surface area contributed by atoms with Crippen molar-refractivity contribution in [1.82, 2.24) is 14.2 Å². The van der Waals surface area contributed by atoms with E-state index in [9.17, 15) is 18.0 Å². The lowest BCUT2D eigenvalue weighted by molar-refractivity contribution is 0.0697. The molecule has 0 radical (unpaired) electrons. The fourth-order valence-electron chi connectivity index (χ4n) is 3.57. The van der Waals surface area contributed by atoms with Gasteiger partial charge in [0.2, 0.25) is 5.09 Å². The third-order valence-electron chi connectivity index (χ3n) is 5.34. The second-order valence-electron chi connectivity index (χ2n) is 7.40. The summed E-state index contributed by atoms with van der Waals surface area (Å²) in [5.41, 5.74) is 6.13. The van der Waals surface area contributed by atoms with Gasteiger partial charge in [-0.25, -0.2) is 13.4 Å². The summed E-state index contributed by atoms with van der Waals surface area (Å²) in [4.78, 5) is 30.3. The molecule has 0 atom stereocenters. The topological polar surface area (TPSA) is 148 Å². The zero-order valence-corrected chi connectivity index (χ0v) is 19.1. The van der Waals surface area contributed by atoms with Crippen LogP contribution in [0.2, 0.25) is 0 Å². The quantitative estimate of drug-likeness (QED) is 0.513. The first-order chi connectivity index (χ1) is 16.3. The first-order valence-corrected chi connectivity index (χ1v) is 11.8. The fraction of sp³-hybridized carbons (Fsp3) is 0.227. The van der Waals surface area contributed by atoms with E-state index in [1.807, 2.05) is 18.2 Å². The van der Waals surface area contributed by atoms with Crippen LogP contribution in [0.1, 0.15) is 20.9 Å². The number of nitrogens with one attached hydrogen (secondary N) is 1. The van der Waals surface area contributed by atoms with Gasteiger partial charge in [0, 0.05) is 32.4 Å². The van der Waals surface area contributed by atoms with Gasteiger partial charge in [0.25, 0.3) is 21.8 Å². The zero-order chi connectivity index (χ0) is 24.3. The van der Waals surface area contributed by atoms with Crippen LogP contribution in [-0.4, -0.2) is 67.7 Å². The molecule has 1 saturated heterocycles. The molecule has 2 amide bonds. The number of methoxy groups -OCH3 is 1. The first kappa shape index (κ1) is 23.3. The second-order valence-corrected chi connectivity index (χ2v) is 9.27. The first-order valence-electron chi connectivity index (χ1n) is 10.4. The highest BCUT2D eigenvalue weighted by Crippen LogP contribution is 2.28. The summed E-state index contributed by atoms with van der Waals surface area (Å²) < 4.78 is 37.3. The highest BCUT2D eigenvalue weighted by Gasteiger charge is 2.33. The second kappa shape index (κ2) is 9.53. The molecule has 2 aromatic heterocycles. The SMILES string of the molecule is COc1ccccc1Nc1ncccc1C(=O)N1CCN(S(=O)(=O)c2ccc(C(N)=O)o2)CC1. The molecular formula is C22H23N5O6S. The third-order valence-corrected chi connectivity index (χ3v) is 7.12. The van der Waals surface area contributed by atoms with Gasteiger partial charge in [0.05, 0.1) is 18.4 Å². The number of pyridine rings is 1. The number of benzene rings is 1. The van der Waals surface area contributed by atoms with Gasteiger partial charge in [-0.05, 0) is 36.4 Å². The number of aromatic nitrogens is 1. The van der Waals surface area contributed by atoms with E-state index in [2.05, 4.69) is 10.3 Å². The number of nitrogens with zero attached hydrogens (tertiary/aromatic N) is 3. The predicted molar refractivity (Wildman–Crippen MR) is 122 cm³/mol. The number of hydrogen-bond donors (Lipinski definition) is 2. The molecule has 0 saturated carbocycles. The summed E-state index contributed by atoms with van der Waals surface area (Å²) in [6.07, 6.45) is 1.57. The summed E-state index contributed by atoms with van der Waals surface area (Å²) in [7, 11) is -2.41. The Balaban J connectivity index is 1.47. The smallest absolute Gasteiger partial charge is 0.284 e. The van der Waals surface area contributed by atoms with Crippen molar-refractivity contribution in [3.63, 3.8) is 0 Å². The molecule has 0 bridgehead atoms. The predicted octanol–water partition coefficient (Wildman–Crippen LogP) is 1.67. The molecule has 0 aliphatic carbocycles. The molecule has 12 heteroatoms. The number of piperazine rings is 1. The van der Waals surface area contributed by atoms with Crippen molar-refractivity contribution in [1.29, 1.82) is 0 Å². The Hall–Kier alpha value is -3.90. The van der Waals surface area contributed by atoms with E-state index in [0.717, 1.165) is 0 Å². The van der Waals surface area contributed by atoms with Crippen molar-refractivity contribution < 1.29 is 27.2 Å². The van der Waals surface area contributed by atoms with Crippen molar-refractivity contribution in [2.24, 2.45) is 5.73 Å². The Bertz CT molecular complexity index is 1310. The Labute approximate surface area is 196 Å². The van der Waals surface area contributed by atoms with E-state index in [1.165, 1.54) is 16.4 Å². The summed E-state index contributed by atoms with van der Waals surface area (Å²) in [6, 6.07) is 13.0. The van der Waals surface area contributed by atoms with Gasteiger partial charge in [0.15, 0.2) is 5.76 Å². The molecule has 3 N–H and O–H groups in total. The molecule has 34 heavy (non-hydrogen) atoms. The average Bonchev–Trinajstić information content (AvgIpc) is 3.36. The van der Waals surface area contributed by atoms with Crippen molar-refractivity contribution in [3.05, 3.63) is 66.1 Å². The summed E-state index contributed by atoms with van der Waals surface area (Å²) in [6.45, 7) is 0.474. The Kier molecular flexibility index (Phi) is 6.52. The number of hydrogen-bond acceptors (Lipinski definition) is 8. The maximum atomic E-state index is 13.2. The molecule has 178 valence electrons. The van der Waals surface area contributed by atoms with Crippen molar-refractivity contribution in [2.45, 2.75) is 5.09 Å². The van der Waals surface area contributed by atoms with E-state index in [-0.39, 0.29) is 42.9 Å². The summed E-state index contributed by atoms with van der Waals surface area (Å²) >= 11 is 0. The van der Waals surface area contributed by atoms with Gasteiger partial charge in [-0.2, -0.15) is 4.31 Å². The van der Waals surface area contributed by atoms with Gasteiger partial charge < -0.3 is 25.1 Å². The summed E-state index contributed by atoms with van der Waals surface area (Å²) in [5, 5.41) is 2.77. The molecule has 0 spiro atoms. The van der Waals surface area contributed by atoms with Crippen LogP contribution in [0, 0.1) is 0 Å². The lowest BCUT2D eigenvalue weighted by Gasteiger charge is -2.33. The number of anilines is 2. The number of sulfonamides is 1. The Morgan fingerprint density at radius 3 is 2.47 bits per heavy atom. The zero-order valence-electron chi connectivity index (χ0n) is 18.3. The van der Waals surface area contributed by atoms with Gasteiger partial charge >= 0.3 is 0 Å². The van der Waals surface area contributed by atoms with Crippen LogP contribution in [0.5, 0.6) is 5.75 Å². The lowest BCUT2D eigenvalue weighted by atomic mass is 10.2. The molecule has 11 nitrogen and oxygen atoms in total. The Morgan fingerprint density at radius 2 is 1.79 bits per heavy atom. The molecule has 1 aliphatic heterocycles. The van der Waals surface area contributed by atoms with Crippen LogP contribution in [0.3, 0.4) is 0 Å². The molecule has 1 aliphatic rings. The minimum atomic E-state index is -3.96. The largest absolute Gasteiger partial charge is 0.495 e. The van der Waals surface area contributed by atoms with Crippen molar-refractivity contribution >= 4 is 33.3 Å². The molecular weight excluding hydrogens is 462 g/mol. The van der Waals surface area contributed by atoms with E-state index in [1.54, 1.807) is 36.4 Å². The van der Waals surface area contributed by atoms with Gasteiger partial charge in [-0.15, -0.1) is 0 Å². The number of rotatable bonds is 7. The third kappa shape index (κ3) is 4.58. The van der Waals surface area contributed by atoms with Crippen LogP contribution in [-0.2, 0) is 10.0 Å². The number of carbonyl (C=O) groups is 2. The average molecular weight is 486 g/mol. The number of nitrogens with two attached hydrogens (primary N) is 1. The Morgan fingerprint density at radius 1 is 1.06 bits per heavy atom. The van der Waals surface area contributed by atoms with E-state index in [0.29, 0.717) is 22.8 Å². The van der Waals surface area contributed by atoms with E-state index < -0.39 is 15.9 Å². The number of primary amides is 1. The van der Waals surface area contributed by atoms with Gasteiger partial charge in [0.1, 0.15) is 11.6 Å². The van der Waals surface area contributed by atoms with Crippen molar-refractivity contribution in [2.75, 3.05) is 38.6 Å². The molecule has 0 unspecified atom stereocenters. The molecule has 3 aromatic rings. The standard InChI is InChI=1S/C22H23N5O6S/c1-32-17-7-3-2-6-16(17)25-21-15(5-4-10-24-21)22(29)26-11-13-27(14-12-26)34(30,31)19-9-8-18(33-19)20(23)28/h2-10H,11-14H2,1H3,(H2,23,28)(H,24,25). The van der Waals surface area contributed by atoms with Crippen molar-refractivity contribution in [3.8, 4) is 5.75 Å². The number of amides is 2. The maximum absolute atomic E-state index is 13.2. The van der Waals surface area contributed by atoms with Gasteiger partial charge in [-0.1, -0.05) is 12.1 Å². The van der Waals surface area contributed by atoms with E-state index >= 15 is 0 Å². The number of para-hydroxylation sites is 2. The number of ether oxygens (including phenoxy) is 1. The van der Waals surface area contributed by atoms with Crippen LogP contribution in [0.15, 0.2) is 64.2 Å². The monoisotopic (exact) mass is 485 g/mol. The van der Waals surface area contributed by atoms with Gasteiger partial charge in [-0.3, -0.25) is 9.59 Å². The minimum absolute atomic E-state index is 0.0657. The number of carbonyl (C=O) groups excluding carboxylic acids is 2. The highest BCUT2D eigenvalue weighted by atomic mass is 32.2. The minimum Gasteiger partial charge on any atom is -0.495 e. The molecule has 1 aromatic carbocycles. The van der Waals surface area contributed by atoms with Crippen LogP contribution >= 0.6 is 0 Å².